The van der Waals surface area contributed by atoms with Gasteiger partial charge in [-0.2, -0.15) is 0 Å². The van der Waals surface area contributed by atoms with E-state index in [9.17, 15) is 18.3 Å². The van der Waals surface area contributed by atoms with Gasteiger partial charge in [-0.1, -0.05) is 41.9 Å². The molecule has 2 aliphatic rings. The maximum atomic E-state index is 13.7. The number of nitrogens with zero attached hydrogens (tertiary/aromatic N) is 1. The molecule has 1 N–H and O–H groups in total. The molecule has 0 atom stereocenters. The van der Waals surface area contributed by atoms with E-state index >= 15 is 0 Å². The molecule has 11 heteroatoms. The van der Waals surface area contributed by atoms with Gasteiger partial charge >= 0.3 is 6.16 Å². The van der Waals surface area contributed by atoms with Gasteiger partial charge in [-0.25, -0.2) is 17.5 Å². The van der Waals surface area contributed by atoms with Crippen LogP contribution < -0.4 is 18.5 Å². The van der Waals surface area contributed by atoms with Gasteiger partial charge in [-0.3, -0.25) is 0 Å². The molecule has 0 aliphatic carbocycles. The summed E-state index contributed by atoms with van der Waals surface area (Å²) < 4.78 is 49.8. The highest BCUT2D eigenvalue weighted by Crippen LogP contribution is 2.49. The Morgan fingerprint density at radius 1 is 1.09 bits per heavy atom. The lowest BCUT2D eigenvalue weighted by Gasteiger charge is -2.33. The van der Waals surface area contributed by atoms with Crippen LogP contribution in [-0.4, -0.2) is 33.6 Å². The third-order valence-corrected chi connectivity index (χ3v) is 7.35. The first kappa shape index (κ1) is 21.9. The molecule has 5 rings (SSSR count). The number of ether oxygens (including phenoxy) is 4. The van der Waals surface area contributed by atoms with Crippen LogP contribution >= 0.6 is 11.6 Å². The Morgan fingerprint density at radius 2 is 1.82 bits per heavy atom. The molecule has 3 aromatic carbocycles. The third-order valence-electron chi connectivity index (χ3n) is 5.28. The molecule has 0 aromatic heterocycles. The fourth-order valence-electron chi connectivity index (χ4n) is 3.91. The number of anilines is 1. The third kappa shape index (κ3) is 3.39. The predicted molar refractivity (Wildman–Crippen MR) is 122 cm³/mol. The van der Waals surface area contributed by atoms with E-state index in [1.165, 1.54) is 25.3 Å². The van der Waals surface area contributed by atoms with E-state index in [1.807, 2.05) is 0 Å². The fourth-order valence-corrected chi connectivity index (χ4v) is 5.84. The molecule has 0 bridgehead atoms. The molecule has 2 aliphatic heterocycles. The lowest BCUT2D eigenvalue weighted by molar-refractivity contribution is 0.119. The quantitative estimate of drug-likeness (QED) is 0.512. The van der Waals surface area contributed by atoms with E-state index < -0.39 is 22.1 Å². The minimum Gasteiger partial charge on any atom is -0.493 e. The number of rotatable bonds is 4. The molecule has 174 valence electrons. The van der Waals surface area contributed by atoms with Crippen molar-refractivity contribution in [1.29, 1.82) is 0 Å². The van der Waals surface area contributed by atoms with Crippen LogP contribution in [0.1, 0.15) is 11.1 Å². The molecular formula is C23H16ClNO8S. The van der Waals surface area contributed by atoms with Gasteiger partial charge in [0.25, 0.3) is 10.0 Å². The Hall–Kier alpha value is -3.89. The molecule has 0 amide bonds. The van der Waals surface area contributed by atoms with Crippen LogP contribution in [-0.2, 0) is 14.8 Å². The second-order valence-corrected chi connectivity index (χ2v) is 9.34. The average Bonchev–Trinajstić information content (AvgIpc) is 3.28. The summed E-state index contributed by atoms with van der Waals surface area (Å²) in [5, 5.41) is 9.64. The van der Waals surface area contributed by atoms with E-state index in [4.69, 9.17) is 30.5 Å². The fraction of sp³-hybridized carbons (Fsp3) is 0.0870. The first-order valence-electron chi connectivity index (χ1n) is 9.85. The van der Waals surface area contributed by atoms with E-state index in [-0.39, 0.29) is 33.5 Å². The van der Waals surface area contributed by atoms with E-state index in [0.29, 0.717) is 22.8 Å². The normalized spacial score (nSPS) is 15.6. The second-order valence-electron chi connectivity index (χ2n) is 7.18. The summed E-state index contributed by atoms with van der Waals surface area (Å²) in [4.78, 5) is 11.7. The van der Waals surface area contributed by atoms with E-state index in [0.717, 1.165) is 4.31 Å². The first-order chi connectivity index (χ1) is 16.3. The van der Waals surface area contributed by atoms with Crippen LogP contribution in [0.25, 0.3) is 5.57 Å². The molecular weight excluding hydrogens is 486 g/mol. The molecule has 3 aromatic rings. The molecule has 0 saturated carbocycles. The Bertz CT molecular complexity index is 1470. The van der Waals surface area contributed by atoms with Crippen molar-refractivity contribution in [2.24, 2.45) is 0 Å². The number of hydrogen-bond donors (Lipinski definition) is 1. The Kier molecular flexibility index (Phi) is 5.26. The summed E-state index contributed by atoms with van der Waals surface area (Å²) in [5.74, 6) is 0.599. The van der Waals surface area contributed by atoms with Gasteiger partial charge in [0.1, 0.15) is 0 Å². The summed E-state index contributed by atoms with van der Waals surface area (Å²) in [6, 6.07) is 15.6. The average molecular weight is 502 g/mol. The second kappa shape index (κ2) is 8.15. The van der Waals surface area contributed by atoms with Crippen molar-refractivity contribution in [3.63, 3.8) is 0 Å². The maximum Gasteiger partial charge on any atom is 0.512 e. The Labute approximate surface area is 199 Å². The van der Waals surface area contributed by atoms with Crippen LogP contribution in [0.3, 0.4) is 0 Å². The number of halogens is 1. The van der Waals surface area contributed by atoms with Crippen molar-refractivity contribution in [2.75, 3.05) is 18.2 Å². The van der Waals surface area contributed by atoms with Crippen LogP contribution in [0.4, 0.5) is 10.5 Å². The number of para-hydroxylation sites is 1. The zero-order chi connectivity index (χ0) is 24.0. The lowest BCUT2D eigenvalue weighted by atomic mass is 9.97. The molecule has 0 radical (unpaired) electrons. The van der Waals surface area contributed by atoms with Gasteiger partial charge in [0.15, 0.2) is 11.5 Å². The highest BCUT2D eigenvalue weighted by atomic mass is 35.5. The molecule has 2 heterocycles. The summed E-state index contributed by atoms with van der Waals surface area (Å²) in [7, 11) is -2.86. The zero-order valence-electron chi connectivity index (χ0n) is 17.5. The molecule has 0 saturated heterocycles. The number of benzene rings is 3. The van der Waals surface area contributed by atoms with Gasteiger partial charge in [-0.15, -0.1) is 0 Å². The molecule has 0 spiro atoms. The van der Waals surface area contributed by atoms with Crippen LogP contribution in [0.15, 0.2) is 71.4 Å². The first-order valence-corrected chi connectivity index (χ1v) is 11.7. The number of carbonyl (C=O) groups is 1. The molecule has 0 unspecified atom stereocenters. The largest absolute Gasteiger partial charge is 0.512 e. The Morgan fingerprint density at radius 3 is 2.56 bits per heavy atom. The van der Waals surface area contributed by atoms with Gasteiger partial charge in [-0.05, 0) is 35.9 Å². The maximum absolute atomic E-state index is 13.7. The van der Waals surface area contributed by atoms with Gasteiger partial charge < -0.3 is 24.1 Å². The van der Waals surface area contributed by atoms with Crippen molar-refractivity contribution in [1.82, 2.24) is 0 Å². The summed E-state index contributed by atoms with van der Waals surface area (Å²) in [6.45, 7) is -0.0244. The van der Waals surface area contributed by atoms with Gasteiger partial charge in [0, 0.05) is 5.56 Å². The zero-order valence-corrected chi connectivity index (χ0v) is 19.1. The topological polar surface area (TPSA) is 112 Å². The summed E-state index contributed by atoms with van der Waals surface area (Å²) >= 11 is 6.34. The Balaban J connectivity index is 1.90. The van der Waals surface area contributed by atoms with E-state index in [2.05, 4.69) is 0 Å². The SMILES string of the molecule is COc1cc(C2=C(OC(=O)O)N(c3ccccc3Cl)S(=O)(=O)c3ccccc32)cc2c1OCO2. The van der Waals surface area contributed by atoms with Gasteiger partial charge in [0.2, 0.25) is 18.4 Å². The number of carboxylic acid groups (broad SMARTS) is 1. The lowest BCUT2D eigenvalue weighted by Crippen LogP contribution is -2.37. The summed E-state index contributed by atoms with van der Waals surface area (Å²) in [6.07, 6.45) is -1.70. The molecule has 0 fully saturated rings. The van der Waals surface area contributed by atoms with Crippen LogP contribution in [0, 0.1) is 0 Å². The van der Waals surface area contributed by atoms with E-state index in [1.54, 1.807) is 42.5 Å². The number of fused-ring (bicyclic) bond motifs is 2. The highest BCUT2D eigenvalue weighted by molar-refractivity contribution is 7.93. The summed E-state index contributed by atoms with van der Waals surface area (Å²) in [5.41, 5.74) is 0.837. The highest BCUT2D eigenvalue weighted by Gasteiger charge is 2.42. The van der Waals surface area contributed by atoms with Gasteiger partial charge in [0.05, 0.1) is 28.3 Å². The number of sulfonamides is 1. The number of hydrogen-bond acceptors (Lipinski definition) is 7. The predicted octanol–water partition coefficient (Wildman–Crippen LogP) is 4.70. The van der Waals surface area contributed by atoms with Crippen LogP contribution in [0.5, 0.6) is 17.2 Å². The standard InChI is InChI=1S/C23H16ClNO8S/c1-30-17-10-13(11-18-21(17)32-12-31-18)20-14-6-2-5-9-19(14)34(28,29)25(22(20)33-23(26)27)16-8-4-3-7-15(16)24/h2-11H,12H2,1H3,(H,26,27). The number of methoxy groups -OCH3 is 1. The van der Waals surface area contributed by atoms with Crippen molar-refractivity contribution < 1.29 is 37.3 Å². The molecule has 34 heavy (non-hydrogen) atoms. The van der Waals surface area contributed by atoms with Crippen LogP contribution in [0.2, 0.25) is 5.02 Å². The van der Waals surface area contributed by atoms with Crippen molar-refractivity contribution in [3.8, 4) is 17.2 Å². The minimum atomic E-state index is -4.31. The van der Waals surface area contributed by atoms with Crippen molar-refractivity contribution in [2.45, 2.75) is 4.90 Å². The van der Waals surface area contributed by atoms with Crippen molar-refractivity contribution >= 4 is 39.0 Å². The molecule has 9 nitrogen and oxygen atoms in total. The monoisotopic (exact) mass is 501 g/mol. The minimum absolute atomic E-state index is 0.0244. The van der Waals surface area contributed by atoms with Crippen molar-refractivity contribution in [3.05, 3.63) is 82.7 Å². The smallest absolute Gasteiger partial charge is 0.493 e.